The van der Waals surface area contributed by atoms with Gasteiger partial charge in [0.2, 0.25) is 11.1 Å². The molecule has 1 aromatic carbocycles. The van der Waals surface area contributed by atoms with Crippen LogP contribution in [0.15, 0.2) is 23.4 Å². The number of nitrogens with zero attached hydrogens (tertiary/aromatic N) is 3. The lowest BCUT2D eigenvalue weighted by Gasteiger charge is -2.20. The van der Waals surface area contributed by atoms with Gasteiger partial charge in [0.1, 0.15) is 5.82 Å². The van der Waals surface area contributed by atoms with Gasteiger partial charge in [-0.1, -0.05) is 42.6 Å². The third kappa shape index (κ3) is 4.43. The predicted molar refractivity (Wildman–Crippen MR) is 96.8 cm³/mol. The Morgan fingerprint density at radius 3 is 2.84 bits per heavy atom. The number of nitrogens with one attached hydrogen (secondary N) is 1. The Morgan fingerprint density at radius 1 is 1.36 bits per heavy atom. The van der Waals surface area contributed by atoms with Gasteiger partial charge in [-0.05, 0) is 31.0 Å². The van der Waals surface area contributed by atoms with Crippen molar-refractivity contribution in [1.82, 2.24) is 14.9 Å². The molecule has 9 heteroatoms. The van der Waals surface area contributed by atoms with Crippen LogP contribution in [0.3, 0.4) is 0 Å². The van der Waals surface area contributed by atoms with Gasteiger partial charge in [-0.15, -0.1) is 10.2 Å². The van der Waals surface area contributed by atoms with Crippen LogP contribution in [0.1, 0.15) is 43.8 Å². The fourth-order valence-corrected chi connectivity index (χ4v) is 3.76. The quantitative estimate of drug-likeness (QED) is 0.609. The third-order valence-corrected chi connectivity index (χ3v) is 5.38. The molecule has 3 rings (SSSR count). The van der Waals surface area contributed by atoms with Gasteiger partial charge in [-0.25, -0.2) is 9.07 Å². The van der Waals surface area contributed by atoms with E-state index >= 15 is 0 Å². The van der Waals surface area contributed by atoms with E-state index in [1.807, 2.05) is 0 Å². The minimum Gasteiger partial charge on any atom is -0.336 e. The normalized spacial score (nSPS) is 15.3. The van der Waals surface area contributed by atoms with Crippen molar-refractivity contribution in [2.24, 2.45) is 0 Å². The zero-order valence-corrected chi connectivity index (χ0v) is 15.1. The zero-order chi connectivity index (χ0) is 17.8. The maximum atomic E-state index is 13.7. The highest BCUT2D eigenvalue weighted by molar-refractivity contribution is 7.99. The number of thioether (sulfide) groups is 1. The highest BCUT2D eigenvalue weighted by Crippen LogP contribution is 2.32. The maximum Gasteiger partial charge on any atom is 0.234 e. The molecule has 25 heavy (non-hydrogen) atoms. The number of aromatic nitrogens is 3. The molecule has 1 aliphatic carbocycles. The fourth-order valence-electron chi connectivity index (χ4n) is 2.93. The lowest BCUT2D eigenvalue weighted by Crippen LogP contribution is -2.20. The van der Waals surface area contributed by atoms with Crippen molar-refractivity contribution in [2.75, 3.05) is 16.9 Å². The van der Waals surface area contributed by atoms with E-state index < -0.39 is 5.82 Å². The van der Waals surface area contributed by atoms with Gasteiger partial charge in [0.05, 0.1) is 11.4 Å². The van der Waals surface area contributed by atoms with Crippen LogP contribution >= 0.6 is 23.4 Å². The number of anilines is 1. The number of benzene rings is 1. The summed E-state index contributed by atoms with van der Waals surface area (Å²) in [5.74, 6) is 6.31. The number of carbonyl (C=O) groups excluding carboxylic acids is 1. The van der Waals surface area contributed by atoms with E-state index in [1.54, 1.807) is 0 Å². The summed E-state index contributed by atoms with van der Waals surface area (Å²) in [5.41, 5.74) is 0.0899. The van der Waals surface area contributed by atoms with E-state index in [0.29, 0.717) is 11.1 Å². The van der Waals surface area contributed by atoms with Gasteiger partial charge in [0.15, 0.2) is 5.82 Å². The van der Waals surface area contributed by atoms with Crippen molar-refractivity contribution >= 4 is 35.0 Å². The number of halogens is 2. The zero-order valence-electron chi connectivity index (χ0n) is 13.5. The van der Waals surface area contributed by atoms with Gasteiger partial charge in [0, 0.05) is 10.9 Å². The number of nitrogen functional groups attached to an aromatic ring is 1. The molecule has 1 fully saturated rings. The molecule has 0 saturated heterocycles. The molecular weight excluding hydrogens is 365 g/mol. The van der Waals surface area contributed by atoms with E-state index in [2.05, 4.69) is 15.5 Å². The van der Waals surface area contributed by atoms with Gasteiger partial charge >= 0.3 is 0 Å². The standard InChI is InChI=1S/C16H19ClFN5OS/c17-11-6-7-13(12(18)8-11)20-14(24)9-25-16-22-21-15(23(16)19)10-4-2-1-3-5-10/h6-8,10H,1-5,9,19H2,(H,20,24). The van der Waals surface area contributed by atoms with Crippen LogP contribution in [0.25, 0.3) is 0 Å². The Bertz CT molecular complexity index is 763. The first kappa shape index (κ1) is 18.0. The van der Waals surface area contributed by atoms with Gasteiger partial charge in [-0.3, -0.25) is 4.79 Å². The second kappa shape index (κ2) is 8.05. The van der Waals surface area contributed by atoms with Gasteiger partial charge in [0.25, 0.3) is 0 Å². The van der Waals surface area contributed by atoms with E-state index in [0.717, 1.165) is 24.7 Å². The second-order valence-corrected chi connectivity index (χ2v) is 7.39. The number of nitrogens with two attached hydrogens (primary N) is 1. The lowest BCUT2D eigenvalue weighted by molar-refractivity contribution is -0.113. The summed E-state index contributed by atoms with van der Waals surface area (Å²) in [6.07, 6.45) is 5.73. The second-order valence-electron chi connectivity index (χ2n) is 6.01. The molecule has 0 radical (unpaired) electrons. The molecule has 0 spiro atoms. The van der Waals surface area contributed by atoms with Crippen molar-refractivity contribution in [3.63, 3.8) is 0 Å². The molecule has 1 aliphatic rings. The van der Waals surface area contributed by atoms with Crippen LogP contribution < -0.4 is 11.2 Å². The molecule has 6 nitrogen and oxygen atoms in total. The van der Waals surface area contributed by atoms with Crippen LogP contribution in [0.4, 0.5) is 10.1 Å². The summed E-state index contributed by atoms with van der Waals surface area (Å²) < 4.78 is 15.2. The Kier molecular flexibility index (Phi) is 5.80. The molecule has 2 aromatic rings. The summed E-state index contributed by atoms with van der Waals surface area (Å²) in [5, 5.41) is 11.5. The van der Waals surface area contributed by atoms with Gasteiger partial charge < -0.3 is 11.2 Å². The van der Waals surface area contributed by atoms with Crippen molar-refractivity contribution in [1.29, 1.82) is 0 Å². The lowest BCUT2D eigenvalue weighted by atomic mass is 9.89. The van der Waals surface area contributed by atoms with Crippen LogP contribution in [-0.2, 0) is 4.79 Å². The third-order valence-electron chi connectivity index (χ3n) is 4.20. The Hall–Kier alpha value is -1.80. The molecule has 0 bridgehead atoms. The topological polar surface area (TPSA) is 85.8 Å². The average Bonchev–Trinajstić information content (AvgIpc) is 2.97. The van der Waals surface area contributed by atoms with Crippen molar-refractivity contribution in [3.05, 3.63) is 34.9 Å². The molecule has 0 unspecified atom stereocenters. The Balaban J connectivity index is 1.58. The summed E-state index contributed by atoms with van der Waals surface area (Å²) in [6.45, 7) is 0. The molecule has 1 aromatic heterocycles. The van der Waals surface area contributed by atoms with Crippen LogP contribution in [-0.4, -0.2) is 26.5 Å². The first-order valence-electron chi connectivity index (χ1n) is 8.12. The summed E-state index contributed by atoms with van der Waals surface area (Å²) >= 11 is 6.86. The smallest absolute Gasteiger partial charge is 0.234 e. The molecule has 1 heterocycles. The highest BCUT2D eigenvalue weighted by Gasteiger charge is 2.22. The van der Waals surface area contributed by atoms with Crippen molar-refractivity contribution in [2.45, 2.75) is 43.2 Å². The molecule has 1 saturated carbocycles. The van der Waals surface area contributed by atoms with Crippen LogP contribution in [0, 0.1) is 5.82 Å². The number of rotatable bonds is 5. The molecular formula is C16H19ClFN5OS. The number of carbonyl (C=O) groups is 1. The van der Waals surface area contributed by atoms with E-state index in [1.165, 1.54) is 47.8 Å². The number of hydrogen-bond donors (Lipinski definition) is 2. The molecule has 0 atom stereocenters. The predicted octanol–water partition coefficient (Wildman–Crippen LogP) is 3.56. The van der Waals surface area contributed by atoms with Gasteiger partial charge in [-0.2, -0.15) is 0 Å². The fraction of sp³-hybridized carbons (Fsp3) is 0.438. The van der Waals surface area contributed by atoms with E-state index in [4.69, 9.17) is 17.4 Å². The van der Waals surface area contributed by atoms with E-state index in [9.17, 15) is 9.18 Å². The number of amides is 1. The summed E-state index contributed by atoms with van der Waals surface area (Å²) in [7, 11) is 0. The summed E-state index contributed by atoms with van der Waals surface area (Å²) in [6, 6.07) is 4.09. The Morgan fingerprint density at radius 2 is 2.12 bits per heavy atom. The van der Waals surface area contributed by atoms with E-state index in [-0.39, 0.29) is 22.4 Å². The largest absolute Gasteiger partial charge is 0.336 e. The highest BCUT2D eigenvalue weighted by atomic mass is 35.5. The average molecular weight is 384 g/mol. The minimum absolute atomic E-state index is 0.0576. The maximum absolute atomic E-state index is 13.7. The van der Waals surface area contributed by atoms with Crippen LogP contribution in [0.5, 0.6) is 0 Å². The van der Waals surface area contributed by atoms with Crippen molar-refractivity contribution < 1.29 is 9.18 Å². The summed E-state index contributed by atoms with van der Waals surface area (Å²) in [4.78, 5) is 12.0. The van der Waals surface area contributed by atoms with Crippen molar-refractivity contribution in [3.8, 4) is 0 Å². The monoisotopic (exact) mass is 383 g/mol. The number of hydrogen-bond acceptors (Lipinski definition) is 5. The molecule has 1 amide bonds. The SMILES string of the molecule is Nn1c(SCC(=O)Nc2ccc(Cl)cc2F)nnc1C1CCCCC1. The minimum atomic E-state index is -0.576. The molecule has 3 N–H and O–H groups in total. The Labute approximate surface area is 154 Å². The molecule has 134 valence electrons. The first-order chi connectivity index (χ1) is 12.0. The first-order valence-corrected chi connectivity index (χ1v) is 9.49. The molecule has 0 aliphatic heterocycles. The van der Waals surface area contributed by atoms with Crippen LogP contribution in [0.2, 0.25) is 5.02 Å².